The van der Waals surface area contributed by atoms with Gasteiger partial charge in [0.2, 0.25) is 5.91 Å². The van der Waals surface area contributed by atoms with Gasteiger partial charge in [0.25, 0.3) is 0 Å². The van der Waals surface area contributed by atoms with E-state index in [0.717, 1.165) is 64.4 Å². The number of imidazole rings is 1. The number of rotatable bonds is 3. The predicted molar refractivity (Wildman–Crippen MR) is 120 cm³/mol. The molecule has 0 aliphatic carbocycles. The second-order valence-corrected chi connectivity index (χ2v) is 8.24. The summed E-state index contributed by atoms with van der Waals surface area (Å²) in [5.41, 5.74) is 5.15. The van der Waals surface area contributed by atoms with Gasteiger partial charge in [0.15, 0.2) is 5.65 Å². The highest BCUT2D eigenvalue weighted by Gasteiger charge is 2.48. The van der Waals surface area contributed by atoms with Gasteiger partial charge in [-0.1, -0.05) is 6.07 Å². The van der Waals surface area contributed by atoms with E-state index in [9.17, 15) is 4.79 Å². The fraction of sp³-hybridized carbons (Fsp3) is 0.304. The zero-order valence-corrected chi connectivity index (χ0v) is 17.9. The van der Waals surface area contributed by atoms with Crippen molar-refractivity contribution in [1.82, 2.24) is 34.8 Å². The monoisotopic (exact) mass is 426 g/mol. The molecular weight excluding hydrogens is 404 g/mol. The van der Waals surface area contributed by atoms with Crippen molar-refractivity contribution in [1.29, 1.82) is 0 Å². The summed E-state index contributed by atoms with van der Waals surface area (Å²) in [5, 5.41) is 6.45. The lowest BCUT2D eigenvalue weighted by Crippen LogP contribution is -2.43. The van der Waals surface area contributed by atoms with Crippen molar-refractivity contribution in [2.24, 2.45) is 0 Å². The van der Waals surface area contributed by atoms with Gasteiger partial charge in [0, 0.05) is 35.8 Å². The molecule has 9 nitrogen and oxygen atoms in total. The van der Waals surface area contributed by atoms with Gasteiger partial charge < -0.3 is 9.88 Å². The maximum absolute atomic E-state index is 12.8. The van der Waals surface area contributed by atoms with E-state index in [1.54, 1.807) is 18.7 Å². The molecule has 1 saturated heterocycles. The predicted octanol–water partition coefficient (Wildman–Crippen LogP) is 2.81. The van der Waals surface area contributed by atoms with Gasteiger partial charge in [-0.3, -0.25) is 10.1 Å². The van der Waals surface area contributed by atoms with Crippen molar-refractivity contribution < 1.29 is 4.79 Å². The van der Waals surface area contributed by atoms with Crippen molar-refractivity contribution in [3.63, 3.8) is 0 Å². The number of aromatic nitrogens is 6. The fourth-order valence-electron chi connectivity index (χ4n) is 4.85. The smallest absolute Gasteiger partial charge is 0.249 e. The average molecular weight is 426 g/mol. The van der Waals surface area contributed by atoms with Gasteiger partial charge in [0.1, 0.15) is 34.7 Å². The Balaban J connectivity index is 1.53. The molecule has 4 aromatic rings. The van der Waals surface area contributed by atoms with Gasteiger partial charge in [-0.05, 0) is 45.4 Å². The molecule has 2 aliphatic heterocycles. The van der Waals surface area contributed by atoms with Crippen LogP contribution in [0, 0.1) is 6.92 Å². The molecule has 2 N–H and O–H groups in total. The summed E-state index contributed by atoms with van der Waals surface area (Å²) >= 11 is 0. The number of aryl methyl sites for hydroxylation is 2. The highest BCUT2D eigenvalue weighted by Crippen LogP contribution is 2.43. The van der Waals surface area contributed by atoms with Crippen molar-refractivity contribution >= 4 is 22.8 Å². The number of carbonyl (C=O) groups is 1. The Kier molecular flexibility index (Phi) is 4.09. The van der Waals surface area contributed by atoms with Crippen LogP contribution in [-0.2, 0) is 16.9 Å². The first-order valence-electron chi connectivity index (χ1n) is 10.8. The second-order valence-electron chi connectivity index (χ2n) is 8.24. The van der Waals surface area contributed by atoms with E-state index in [2.05, 4.69) is 43.6 Å². The largest absolute Gasteiger partial charge is 0.324 e. The summed E-state index contributed by atoms with van der Waals surface area (Å²) < 4.78 is 2.05. The molecule has 6 rings (SSSR count). The van der Waals surface area contributed by atoms with Crippen LogP contribution in [0.4, 0.5) is 5.69 Å². The third-order valence-electron chi connectivity index (χ3n) is 6.43. The molecule has 1 aromatic carbocycles. The van der Waals surface area contributed by atoms with Gasteiger partial charge in [-0.25, -0.2) is 24.9 Å². The number of fused-ring (bicyclic) bond motifs is 3. The summed E-state index contributed by atoms with van der Waals surface area (Å²) in [6, 6.07) is 6.00. The highest BCUT2D eigenvalue weighted by molar-refractivity contribution is 6.07. The lowest BCUT2D eigenvalue weighted by atomic mass is 9.88. The number of hydrogen-bond donors (Lipinski definition) is 2. The summed E-state index contributed by atoms with van der Waals surface area (Å²) in [6.45, 7) is 5.45. The molecule has 1 amide bonds. The second kappa shape index (κ2) is 6.89. The number of benzene rings is 1. The lowest BCUT2D eigenvalue weighted by Gasteiger charge is -2.21. The van der Waals surface area contributed by atoms with E-state index in [4.69, 9.17) is 4.98 Å². The molecule has 3 aromatic heterocycles. The molecular formula is C23H22N8O. The van der Waals surface area contributed by atoms with E-state index in [1.807, 2.05) is 23.6 Å². The zero-order valence-electron chi connectivity index (χ0n) is 17.9. The van der Waals surface area contributed by atoms with E-state index in [1.165, 1.54) is 0 Å². The summed E-state index contributed by atoms with van der Waals surface area (Å²) in [5.74, 6) is 1.49. The molecule has 160 valence electrons. The quantitative estimate of drug-likeness (QED) is 0.518. The molecule has 2 aliphatic rings. The standard InChI is InChI=1S/C23H22N8O/c1-3-31-20(15-10-24-13(2)25-11-15)30-19-18(26-12-27-21(19)31)14-5-6-17-16(9-14)23(22(32)29-17)7-4-8-28-23/h5-6,9-12,28H,3-4,7-8H2,1-2H3,(H,29,32)/t23-/m0/s1. The van der Waals surface area contributed by atoms with E-state index in [-0.39, 0.29) is 5.91 Å². The van der Waals surface area contributed by atoms with Crippen molar-refractivity contribution in [3.8, 4) is 22.6 Å². The molecule has 1 fully saturated rings. The zero-order chi connectivity index (χ0) is 21.9. The molecule has 5 heterocycles. The number of anilines is 1. The molecule has 0 bridgehead atoms. The van der Waals surface area contributed by atoms with Crippen molar-refractivity contribution in [3.05, 3.63) is 48.3 Å². The molecule has 9 heteroatoms. The maximum Gasteiger partial charge on any atom is 0.249 e. The van der Waals surface area contributed by atoms with Crippen LogP contribution in [0.25, 0.3) is 33.8 Å². The third kappa shape index (κ3) is 2.61. The Bertz CT molecular complexity index is 1370. The van der Waals surface area contributed by atoms with Crippen LogP contribution in [-0.4, -0.2) is 41.9 Å². The first-order chi connectivity index (χ1) is 15.6. The molecule has 0 saturated carbocycles. The third-order valence-corrected chi connectivity index (χ3v) is 6.43. The van der Waals surface area contributed by atoms with E-state index < -0.39 is 5.54 Å². The Hall–Kier alpha value is -3.72. The summed E-state index contributed by atoms with van der Waals surface area (Å²) in [7, 11) is 0. The average Bonchev–Trinajstić information content (AvgIpc) is 3.51. The molecule has 32 heavy (non-hydrogen) atoms. The Labute approximate surface area is 184 Å². The first kappa shape index (κ1) is 19.0. The fourth-order valence-corrected chi connectivity index (χ4v) is 4.85. The van der Waals surface area contributed by atoms with E-state index in [0.29, 0.717) is 12.4 Å². The summed E-state index contributed by atoms with van der Waals surface area (Å²) in [4.78, 5) is 35.4. The van der Waals surface area contributed by atoms with Crippen LogP contribution >= 0.6 is 0 Å². The topological polar surface area (TPSA) is 111 Å². The number of nitrogens with one attached hydrogen (secondary N) is 2. The summed E-state index contributed by atoms with van der Waals surface area (Å²) in [6.07, 6.45) is 6.89. The highest BCUT2D eigenvalue weighted by atomic mass is 16.2. The Morgan fingerprint density at radius 2 is 1.97 bits per heavy atom. The normalized spacial score (nSPS) is 19.6. The van der Waals surface area contributed by atoms with Gasteiger partial charge in [-0.15, -0.1) is 0 Å². The molecule has 1 atom stereocenters. The van der Waals surface area contributed by atoms with Crippen LogP contribution in [0.2, 0.25) is 0 Å². The van der Waals surface area contributed by atoms with Crippen LogP contribution in [0.15, 0.2) is 36.9 Å². The minimum Gasteiger partial charge on any atom is -0.324 e. The van der Waals surface area contributed by atoms with Crippen LogP contribution in [0.3, 0.4) is 0 Å². The number of hydrogen-bond acceptors (Lipinski definition) is 7. The van der Waals surface area contributed by atoms with Gasteiger partial charge in [0.05, 0.1) is 5.56 Å². The van der Waals surface area contributed by atoms with Crippen molar-refractivity contribution in [2.75, 3.05) is 11.9 Å². The Morgan fingerprint density at radius 3 is 2.72 bits per heavy atom. The molecule has 1 spiro atoms. The first-order valence-corrected chi connectivity index (χ1v) is 10.8. The molecule has 0 unspecified atom stereocenters. The van der Waals surface area contributed by atoms with Crippen LogP contribution in [0.5, 0.6) is 0 Å². The Morgan fingerprint density at radius 1 is 1.12 bits per heavy atom. The van der Waals surface area contributed by atoms with Crippen molar-refractivity contribution in [2.45, 2.75) is 38.8 Å². The van der Waals surface area contributed by atoms with Crippen LogP contribution < -0.4 is 10.6 Å². The number of amides is 1. The van der Waals surface area contributed by atoms with Gasteiger partial charge >= 0.3 is 0 Å². The number of nitrogens with zero attached hydrogens (tertiary/aromatic N) is 6. The maximum atomic E-state index is 12.8. The lowest BCUT2D eigenvalue weighted by molar-refractivity contribution is -0.121. The minimum atomic E-state index is -0.648. The minimum absolute atomic E-state index is 0.0203. The van der Waals surface area contributed by atoms with Gasteiger partial charge in [-0.2, -0.15) is 0 Å². The number of carbonyl (C=O) groups excluding carboxylic acids is 1. The van der Waals surface area contributed by atoms with E-state index >= 15 is 0 Å². The SMILES string of the molecule is CCn1c(-c2cnc(C)nc2)nc2c(-c3ccc4c(c3)[C@@]3(CCCN3)C(=O)N4)ncnc21. The van der Waals surface area contributed by atoms with Crippen LogP contribution in [0.1, 0.15) is 31.2 Å². The molecule has 0 radical (unpaired) electrons.